The number of ether oxygens (including phenoxy) is 1. The zero-order chi connectivity index (χ0) is 10.2. The third-order valence-corrected chi connectivity index (χ3v) is 6.97. The Hall–Kier alpha value is -0.603. The van der Waals surface area contributed by atoms with E-state index in [4.69, 9.17) is 4.74 Å². The van der Waals surface area contributed by atoms with E-state index >= 15 is 0 Å². The molecule has 1 fully saturated rings. The molecule has 1 saturated heterocycles. The predicted octanol–water partition coefficient (Wildman–Crippen LogP) is 2.32. The van der Waals surface area contributed by atoms with Gasteiger partial charge in [0.2, 0.25) is 0 Å². The Kier molecular flexibility index (Phi) is 2.50. The van der Waals surface area contributed by atoms with Gasteiger partial charge in [0, 0.05) is 0 Å². The zero-order valence-electron chi connectivity index (χ0n) is 9.16. The van der Waals surface area contributed by atoms with Crippen LogP contribution in [-0.2, 0) is 4.74 Å². The summed E-state index contributed by atoms with van der Waals surface area (Å²) in [6.45, 7) is 7.02. The zero-order valence-corrected chi connectivity index (χ0v) is 10.2. The number of hydrogen-bond donors (Lipinski definition) is 0. The predicted molar refractivity (Wildman–Crippen MR) is 62.5 cm³/mol. The maximum atomic E-state index is 5.75. The van der Waals surface area contributed by atoms with E-state index in [-0.39, 0.29) is 0 Å². The third-order valence-electron chi connectivity index (χ3n) is 3.21. The molecule has 0 aliphatic carbocycles. The fraction of sp³-hybridized carbons (Fsp3) is 0.500. The van der Waals surface area contributed by atoms with Crippen molar-refractivity contribution in [3.8, 4) is 0 Å². The van der Waals surface area contributed by atoms with Crippen LogP contribution in [0, 0.1) is 0 Å². The highest BCUT2D eigenvalue weighted by molar-refractivity contribution is 6.91. The summed E-state index contributed by atoms with van der Waals surface area (Å²) in [6, 6.07) is 10.8. The van der Waals surface area contributed by atoms with Crippen molar-refractivity contribution in [2.75, 3.05) is 0 Å². The Balaban J connectivity index is 2.17. The van der Waals surface area contributed by atoms with E-state index in [0.29, 0.717) is 11.8 Å². The van der Waals surface area contributed by atoms with E-state index < -0.39 is 8.07 Å². The third kappa shape index (κ3) is 1.64. The van der Waals surface area contributed by atoms with Crippen LogP contribution in [0.3, 0.4) is 0 Å². The van der Waals surface area contributed by atoms with Crippen LogP contribution in [0.25, 0.3) is 0 Å². The van der Waals surface area contributed by atoms with Crippen molar-refractivity contribution < 1.29 is 4.74 Å². The van der Waals surface area contributed by atoms with Gasteiger partial charge in [0.25, 0.3) is 0 Å². The van der Waals surface area contributed by atoms with Gasteiger partial charge < -0.3 is 4.74 Å². The van der Waals surface area contributed by atoms with Gasteiger partial charge in [0.1, 0.15) is 8.07 Å². The van der Waals surface area contributed by atoms with E-state index in [1.54, 1.807) is 0 Å². The van der Waals surface area contributed by atoms with Crippen molar-refractivity contribution in [2.24, 2.45) is 0 Å². The van der Waals surface area contributed by atoms with Crippen LogP contribution < -0.4 is 5.19 Å². The van der Waals surface area contributed by atoms with E-state index in [9.17, 15) is 0 Å². The summed E-state index contributed by atoms with van der Waals surface area (Å²) in [6.07, 6.45) is 1.70. The summed E-state index contributed by atoms with van der Waals surface area (Å²) in [7, 11) is -1.35. The van der Waals surface area contributed by atoms with Crippen LogP contribution in [0.1, 0.15) is 13.3 Å². The molecule has 1 aromatic carbocycles. The number of epoxide rings is 1. The summed E-state index contributed by atoms with van der Waals surface area (Å²) in [5, 5.41) is 1.51. The molecule has 0 saturated carbocycles. The van der Waals surface area contributed by atoms with E-state index in [0.717, 1.165) is 6.42 Å². The maximum Gasteiger partial charge on any atom is 0.116 e. The summed E-state index contributed by atoms with van der Waals surface area (Å²) in [5.74, 6) is 0. The molecule has 1 aliphatic rings. The molecule has 0 aromatic heterocycles. The van der Waals surface area contributed by atoms with Crippen LogP contribution in [0.5, 0.6) is 0 Å². The fourth-order valence-electron chi connectivity index (χ4n) is 2.12. The van der Waals surface area contributed by atoms with Crippen molar-refractivity contribution in [3.05, 3.63) is 30.3 Å². The molecule has 0 radical (unpaired) electrons. The second-order valence-electron chi connectivity index (χ2n) is 4.59. The van der Waals surface area contributed by atoms with Crippen molar-refractivity contribution in [1.82, 2.24) is 0 Å². The molecule has 2 heteroatoms. The first-order chi connectivity index (χ1) is 6.66. The topological polar surface area (TPSA) is 12.5 Å². The lowest BCUT2D eigenvalue weighted by atomic mass is 10.4. The highest BCUT2D eigenvalue weighted by Gasteiger charge is 2.50. The first-order valence-electron chi connectivity index (χ1n) is 5.37. The smallest absolute Gasteiger partial charge is 0.116 e. The standard InChI is InChI=1S/C12H18OSi/c1-4-11-12(13-11)14(2,3)10-8-6-5-7-9-10/h5-9,11-12H,4H2,1-3H3/t11-,12+/m1/s1. The maximum absolute atomic E-state index is 5.75. The van der Waals surface area contributed by atoms with Crippen molar-refractivity contribution in [1.29, 1.82) is 0 Å². The van der Waals surface area contributed by atoms with Crippen molar-refractivity contribution >= 4 is 13.3 Å². The van der Waals surface area contributed by atoms with Gasteiger partial charge in [-0.25, -0.2) is 0 Å². The van der Waals surface area contributed by atoms with Gasteiger partial charge in [-0.15, -0.1) is 0 Å². The molecule has 1 aromatic rings. The largest absolute Gasteiger partial charge is 0.373 e. The van der Waals surface area contributed by atoms with Crippen molar-refractivity contribution in [2.45, 2.75) is 38.3 Å². The highest BCUT2D eigenvalue weighted by atomic mass is 28.3. The molecule has 2 atom stereocenters. The van der Waals surface area contributed by atoms with Crippen molar-refractivity contribution in [3.63, 3.8) is 0 Å². The summed E-state index contributed by atoms with van der Waals surface area (Å²) in [4.78, 5) is 0. The van der Waals surface area contributed by atoms with E-state index in [2.05, 4.69) is 50.3 Å². The Bertz CT molecular complexity index is 307. The summed E-state index contributed by atoms with van der Waals surface area (Å²) < 4.78 is 5.75. The second-order valence-corrected chi connectivity index (χ2v) is 9.18. The lowest BCUT2D eigenvalue weighted by Crippen LogP contribution is -2.48. The van der Waals surface area contributed by atoms with Crippen LogP contribution >= 0.6 is 0 Å². The van der Waals surface area contributed by atoms with Gasteiger partial charge in [-0.3, -0.25) is 0 Å². The minimum atomic E-state index is -1.35. The first-order valence-corrected chi connectivity index (χ1v) is 8.45. The summed E-state index contributed by atoms with van der Waals surface area (Å²) >= 11 is 0. The molecule has 1 nitrogen and oxygen atoms in total. The molecule has 14 heavy (non-hydrogen) atoms. The lowest BCUT2D eigenvalue weighted by Gasteiger charge is -2.20. The fourth-order valence-corrected chi connectivity index (χ4v) is 5.18. The molecule has 2 rings (SSSR count). The Morgan fingerprint density at radius 3 is 2.36 bits per heavy atom. The molecule has 0 amide bonds. The van der Waals surface area contributed by atoms with Gasteiger partial charge in [-0.05, 0) is 6.42 Å². The van der Waals surface area contributed by atoms with Crippen LogP contribution in [0.4, 0.5) is 0 Å². The van der Waals surface area contributed by atoms with E-state index in [1.165, 1.54) is 5.19 Å². The first kappa shape index (κ1) is 9.93. The molecular formula is C12H18OSi. The lowest BCUT2D eigenvalue weighted by molar-refractivity contribution is 0.390. The van der Waals surface area contributed by atoms with Gasteiger partial charge in [-0.1, -0.05) is 55.5 Å². The molecule has 76 valence electrons. The Morgan fingerprint density at radius 2 is 1.86 bits per heavy atom. The Morgan fingerprint density at radius 1 is 1.21 bits per heavy atom. The van der Waals surface area contributed by atoms with Crippen LogP contribution in [0.15, 0.2) is 30.3 Å². The minimum Gasteiger partial charge on any atom is -0.373 e. The van der Waals surface area contributed by atoms with Crippen LogP contribution in [-0.4, -0.2) is 19.9 Å². The monoisotopic (exact) mass is 206 g/mol. The number of rotatable bonds is 3. The van der Waals surface area contributed by atoms with Gasteiger partial charge >= 0.3 is 0 Å². The molecule has 1 heterocycles. The molecule has 0 spiro atoms. The number of hydrogen-bond acceptors (Lipinski definition) is 1. The van der Waals surface area contributed by atoms with Gasteiger partial charge in [0.05, 0.1) is 11.8 Å². The SMILES string of the molecule is CC[C@H]1O[C@H]1[Si](C)(C)c1ccccc1. The number of benzene rings is 1. The second kappa shape index (κ2) is 3.52. The molecule has 0 unspecified atom stereocenters. The van der Waals surface area contributed by atoms with Crippen LogP contribution in [0.2, 0.25) is 13.1 Å². The average molecular weight is 206 g/mol. The molecule has 0 N–H and O–H groups in total. The highest BCUT2D eigenvalue weighted by Crippen LogP contribution is 2.33. The van der Waals surface area contributed by atoms with Gasteiger partial charge in [0.15, 0.2) is 0 Å². The normalized spacial score (nSPS) is 26.2. The van der Waals surface area contributed by atoms with Gasteiger partial charge in [-0.2, -0.15) is 0 Å². The molecule has 1 aliphatic heterocycles. The average Bonchev–Trinajstić information content (AvgIpc) is 2.98. The quantitative estimate of drug-likeness (QED) is 0.546. The minimum absolute atomic E-state index is 0.539. The summed E-state index contributed by atoms with van der Waals surface area (Å²) in [5.41, 5.74) is 0.551. The van der Waals surface area contributed by atoms with E-state index in [1.807, 2.05) is 0 Å². The molecular weight excluding hydrogens is 188 g/mol. The molecule has 0 bridgehead atoms. The Labute approximate surface area is 87.1 Å².